The van der Waals surface area contributed by atoms with E-state index < -0.39 is 9.84 Å². The maximum atomic E-state index is 11.5. The minimum absolute atomic E-state index is 0.188. The monoisotopic (exact) mass is 323 g/mol. The molecule has 0 aliphatic carbocycles. The van der Waals surface area contributed by atoms with E-state index in [1.165, 1.54) is 11.1 Å². The highest BCUT2D eigenvalue weighted by molar-refractivity contribution is 7.90. The van der Waals surface area contributed by atoms with Crippen molar-refractivity contribution < 1.29 is 8.42 Å². The first-order valence-corrected chi connectivity index (χ1v) is 9.72. The topological polar surface area (TPSA) is 46.2 Å². The molecular weight excluding hydrogens is 302 g/mol. The van der Waals surface area contributed by atoms with Gasteiger partial charge in [0.05, 0.1) is 4.90 Å². The molecule has 0 saturated heterocycles. The number of nitrogens with one attached hydrogen (secondary N) is 1. The van der Waals surface area contributed by atoms with Gasteiger partial charge in [0.25, 0.3) is 0 Å². The Hall–Kier alpha value is -1.17. The first-order valence-electron chi connectivity index (χ1n) is 6.94. The van der Waals surface area contributed by atoms with E-state index in [1.54, 1.807) is 23.5 Å². The predicted molar refractivity (Wildman–Crippen MR) is 88.6 cm³/mol. The molecule has 0 amide bonds. The van der Waals surface area contributed by atoms with E-state index in [1.807, 2.05) is 12.1 Å². The Labute approximate surface area is 130 Å². The maximum Gasteiger partial charge on any atom is 0.175 e. The van der Waals surface area contributed by atoms with E-state index in [4.69, 9.17) is 0 Å². The molecule has 0 spiro atoms. The van der Waals surface area contributed by atoms with Crippen LogP contribution in [0.15, 0.2) is 46.7 Å². The highest BCUT2D eigenvalue weighted by Gasteiger charge is 2.12. The van der Waals surface area contributed by atoms with Crippen molar-refractivity contribution in [3.05, 3.63) is 52.2 Å². The highest BCUT2D eigenvalue weighted by Crippen LogP contribution is 2.18. The molecule has 2 aromatic rings. The Morgan fingerprint density at radius 3 is 2.33 bits per heavy atom. The molecule has 0 bridgehead atoms. The van der Waals surface area contributed by atoms with Crippen LogP contribution >= 0.6 is 11.3 Å². The first-order chi connectivity index (χ1) is 9.86. The van der Waals surface area contributed by atoms with Gasteiger partial charge in [0.2, 0.25) is 0 Å². The average Bonchev–Trinajstić information content (AvgIpc) is 2.90. The van der Waals surface area contributed by atoms with E-state index in [9.17, 15) is 8.42 Å². The van der Waals surface area contributed by atoms with Gasteiger partial charge in [-0.2, -0.15) is 0 Å². The lowest BCUT2D eigenvalue weighted by Gasteiger charge is -2.20. The molecule has 114 valence electrons. The zero-order valence-electron chi connectivity index (χ0n) is 12.5. The summed E-state index contributed by atoms with van der Waals surface area (Å²) in [6.07, 6.45) is 2.23. The fourth-order valence-corrected chi connectivity index (χ4v) is 3.78. The summed E-state index contributed by atoms with van der Waals surface area (Å²) in [5.74, 6) is 0. The van der Waals surface area contributed by atoms with Gasteiger partial charge in [-0.3, -0.25) is 0 Å². The first kappa shape index (κ1) is 16.2. The summed E-state index contributed by atoms with van der Waals surface area (Å²) < 4.78 is 22.9. The Morgan fingerprint density at radius 1 is 1.14 bits per heavy atom. The molecule has 0 aliphatic rings. The number of benzene rings is 1. The fourth-order valence-electron chi connectivity index (χ4n) is 2.32. The molecule has 0 saturated carbocycles. The van der Waals surface area contributed by atoms with Crippen molar-refractivity contribution in [2.24, 2.45) is 0 Å². The molecule has 2 unspecified atom stereocenters. The van der Waals surface area contributed by atoms with Crippen molar-refractivity contribution in [1.82, 2.24) is 5.32 Å². The maximum absolute atomic E-state index is 11.5. The van der Waals surface area contributed by atoms with Crippen LogP contribution in [0.4, 0.5) is 0 Å². The third kappa shape index (κ3) is 4.66. The predicted octanol–water partition coefficient (Wildman–Crippen LogP) is 3.43. The quantitative estimate of drug-likeness (QED) is 0.886. The van der Waals surface area contributed by atoms with Gasteiger partial charge in [-0.15, -0.1) is 11.3 Å². The lowest BCUT2D eigenvalue weighted by Crippen LogP contribution is -2.30. The largest absolute Gasteiger partial charge is 0.307 e. The normalized spacial score (nSPS) is 14.8. The molecule has 2 atom stereocenters. The van der Waals surface area contributed by atoms with Crippen molar-refractivity contribution in [2.45, 2.75) is 37.2 Å². The van der Waals surface area contributed by atoms with Gasteiger partial charge in [-0.1, -0.05) is 18.2 Å². The summed E-state index contributed by atoms with van der Waals surface area (Å²) in [7, 11) is -3.12. The summed E-state index contributed by atoms with van der Waals surface area (Å²) in [6.45, 7) is 4.27. The Morgan fingerprint density at radius 2 is 1.81 bits per heavy atom. The second-order valence-electron chi connectivity index (χ2n) is 5.41. The summed E-state index contributed by atoms with van der Waals surface area (Å²) >= 11 is 1.77. The molecule has 1 heterocycles. The summed E-state index contributed by atoms with van der Waals surface area (Å²) in [5, 5.41) is 5.64. The Bertz CT molecular complexity index is 661. The lowest BCUT2D eigenvalue weighted by molar-refractivity contribution is 0.479. The van der Waals surface area contributed by atoms with E-state index in [2.05, 4.69) is 36.7 Å². The van der Waals surface area contributed by atoms with E-state index >= 15 is 0 Å². The second kappa shape index (κ2) is 6.73. The smallest absolute Gasteiger partial charge is 0.175 e. The van der Waals surface area contributed by atoms with Crippen LogP contribution in [0.25, 0.3) is 0 Å². The number of sulfone groups is 1. The molecule has 1 aromatic carbocycles. The highest BCUT2D eigenvalue weighted by atomic mass is 32.2. The molecule has 0 aliphatic heterocycles. The number of rotatable bonds is 6. The van der Waals surface area contributed by atoms with Crippen LogP contribution in [-0.4, -0.2) is 20.7 Å². The van der Waals surface area contributed by atoms with Crippen LogP contribution in [0, 0.1) is 0 Å². The van der Waals surface area contributed by atoms with E-state index in [-0.39, 0.29) is 6.04 Å². The van der Waals surface area contributed by atoms with Gasteiger partial charge in [0.15, 0.2) is 9.84 Å². The van der Waals surface area contributed by atoms with Crippen molar-refractivity contribution in [3.8, 4) is 0 Å². The van der Waals surface area contributed by atoms with Crippen LogP contribution in [-0.2, 0) is 16.3 Å². The fraction of sp³-hybridized carbons (Fsp3) is 0.375. The van der Waals surface area contributed by atoms with Crippen molar-refractivity contribution in [2.75, 3.05) is 6.26 Å². The van der Waals surface area contributed by atoms with Gasteiger partial charge in [-0.05, 0) is 49.4 Å². The zero-order chi connectivity index (χ0) is 15.5. The third-order valence-electron chi connectivity index (χ3n) is 3.43. The molecule has 2 rings (SSSR count). The molecular formula is C16H21NO2S2. The number of hydrogen-bond acceptors (Lipinski definition) is 4. The zero-order valence-corrected chi connectivity index (χ0v) is 14.2. The Balaban J connectivity index is 1.98. The number of thiophene rings is 1. The number of hydrogen-bond donors (Lipinski definition) is 1. The van der Waals surface area contributed by atoms with Gasteiger partial charge < -0.3 is 5.32 Å². The van der Waals surface area contributed by atoms with Gasteiger partial charge in [0.1, 0.15) is 0 Å². The SMILES string of the molecule is CC(Cc1cccs1)NC(C)c1ccc(S(C)(=O)=O)cc1. The van der Waals surface area contributed by atoms with Gasteiger partial charge >= 0.3 is 0 Å². The molecule has 1 aromatic heterocycles. The van der Waals surface area contributed by atoms with Crippen molar-refractivity contribution >= 4 is 21.2 Å². The third-order valence-corrected chi connectivity index (χ3v) is 5.46. The molecule has 0 radical (unpaired) electrons. The molecule has 21 heavy (non-hydrogen) atoms. The minimum Gasteiger partial charge on any atom is -0.307 e. The summed E-state index contributed by atoms with van der Waals surface area (Å²) in [4.78, 5) is 1.74. The Kier molecular flexibility index (Phi) is 5.19. The molecule has 3 nitrogen and oxygen atoms in total. The van der Waals surface area contributed by atoms with Crippen LogP contribution in [0.3, 0.4) is 0 Å². The van der Waals surface area contributed by atoms with Crippen molar-refractivity contribution in [3.63, 3.8) is 0 Å². The van der Waals surface area contributed by atoms with E-state index in [0.29, 0.717) is 10.9 Å². The average molecular weight is 323 g/mol. The summed E-state index contributed by atoms with van der Waals surface area (Å²) in [5.41, 5.74) is 1.10. The molecule has 0 fully saturated rings. The van der Waals surface area contributed by atoms with Gasteiger partial charge in [-0.25, -0.2) is 8.42 Å². The minimum atomic E-state index is -3.12. The lowest BCUT2D eigenvalue weighted by atomic mass is 10.1. The summed E-state index contributed by atoms with van der Waals surface area (Å²) in [6, 6.07) is 11.9. The standard InChI is InChI=1S/C16H21NO2S2/c1-12(11-15-5-4-10-20-15)17-13(2)14-6-8-16(9-7-14)21(3,18)19/h4-10,12-13,17H,11H2,1-3H3. The van der Waals surface area contributed by atoms with Gasteiger partial charge in [0, 0.05) is 23.2 Å². The molecule has 1 N–H and O–H groups in total. The molecule has 5 heteroatoms. The van der Waals surface area contributed by atoms with E-state index in [0.717, 1.165) is 12.0 Å². The van der Waals surface area contributed by atoms with Crippen molar-refractivity contribution in [1.29, 1.82) is 0 Å². The van der Waals surface area contributed by atoms with Crippen LogP contribution < -0.4 is 5.32 Å². The van der Waals surface area contributed by atoms with Crippen LogP contribution in [0.2, 0.25) is 0 Å². The van der Waals surface area contributed by atoms with Crippen LogP contribution in [0.5, 0.6) is 0 Å². The second-order valence-corrected chi connectivity index (χ2v) is 8.46. The van der Waals surface area contributed by atoms with Crippen LogP contribution in [0.1, 0.15) is 30.3 Å².